The van der Waals surface area contributed by atoms with Gasteiger partial charge in [0.25, 0.3) is 5.91 Å². The van der Waals surface area contributed by atoms with Crippen LogP contribution in [0.1, 0.15) is 114 Å². The zero-order chi connectivity index (χ0) is 44.1. The molecule has 5 amide bonds. The fourth-order valence-electron chi connectivity index (χ4n) is 7.30. The lowest BCUT2D eigenvalue weighted by molar-refractivity contribution is -0.144. The molecule has 0 bridgehead atoms. The Morgan fingerprint density at radius 2 is 1.44 bits per heavy atom. The van der Waals surface area contributed by atoms with E-state index >= 15 is 0 Å². The molecule has 1 fully saturated rings. The molecule has 13 nitrogen and oxygen atoms in total. The summed E-state index contributed by atoms with van der Waals surface area (Å²) in [6, 6.07) is 20.7. The molecule has 0 saturated carbocycles. The van der Waals surface area contributed by atoms with Crippen LogP contribution in [-0.2, 0) is 19.2 Å². The number of benzene rings is 3. The molecule has 3 aromatic carbocycles. The summed E-state index contributed by atoms with van der Waals surface area (Å²) in [6.07, 6.45) is 3.50. The number of amides is 5. The largest absolute Gasteiger partial charge is 0.391 e. The first-order valence-electron chi connectivity index (χ1n) is 21.3. The number of β-amino-alcohol motifs (C(OH)–C–C–N with tert-alkyl or cyclic N) is 1. The summed E-state index contributed by atoms with van der Waals surface area (Å²) in [5.74, 6) is -1.29. The Bertz CT molecular complexity index is 2100. The maximum absolute atomic E-state index is 14.0. The van der Waals surface area contributed by atoms with E-state index in [9.17, 15) is 29.1 Å². The predicted molar refractivity (Wildman–Crippen MR) is 240 cm³/mol. The van der Waals surface area contributed by atoms with Crippen LogP contribution in [-0.4, -0.2) is 75.8 Å². The number of thiazole rings is 1. The zero-order valence-corrected chi connectivity index (χ0v) is 37.0. The van der Waals surface area contributed by atoms with Gasteiger partial charge in [-0.1, -0.05) is 89.1 Å². The van der Waals surface area contributed by atoms with Crippen LogP contribution < -0.4 is 26.8 Å². The van der Waals surface area contributed by atoms with Gasteiger partial charge in [0.15, 0.2) is 0 Å². The summed E-state index contributed by atoms with van der Waals surface area (Å²) in [5.41, 5.74) is 12.8. The Labute approximate surface area is 363 Å². The molecule has 4 aromatic rings. The molecular formula is C47H61N7O6S. The van der Waals surface area contributed by atoms with Gasteiger partial charge in [0, 0.05) is 43.6 Å². The molecule has 0 radical (unpaired) electrons. The number of nitrogens with zero attached hydrogens (tertiary/aromatic N) is 2. The molecule has 14 heteroatoms. The molecule has 4 atom stereocenters. The zero-order valence-electron chi connectivity index (χ0n) is 36.2. The molecule has 5 rings (SSSR count). The molecule has 0 unspecified atom stereocenters. The van der Waals surface area contributed by atoms with Crippen molar-refractivity contribution in [2.75, 3.05) is 18.4 Å². The highest BCUT2D eigenvalue weighted by atomic mass is 32.1. The van der Waals surface area contributed by atoms with E-state index < -0.39 is 29.5 Å². The monoisotopic (exact) mass is 851 g/mol. The van der Waals surface area contributed by atoms with E-state index in [1.54, 1.807) is 23.5 Å². The minimum Gasteiger partial charge on any atom is -0.391 e. The third kappa shape index (κ3) is 13.3. The lowest BCUT2D eigenvalue weighted by Crippen LogP contribution is -2.57. The van der Waals surface area contributed by atoms with Crippen LogP contribution >= 0.6 is 11.3 Å². The van der Waals surface area contributed by atoms with Gasteiger partial charge in [-0.3, -0.25) is 29.4 Å². The van der Waals surface area contributed by atoms with Crippen molar-refractivity contribution in [3.8, 4) is 21.6 Å². The van der Waals surface area contributed by atoms with Gasteiger partial charge in [-0.25, -0.2) is 10.4 Å². The number of anilines is 1. The second-order valence-electron chi connectivity index (χ2n) is 16.9. The number of aromatic nitrogens is 1. The maximum atomic E-state index is 14.0. The van der Waals surface area contributed by atoms with Gasteiger partial charge in [-0.05, 0) is 85.0 Å². The second-order valence-corrected chi connectivity index (χ2v) is 17.7. The number of rotatable bonds is 19. The molecule has 1 aromatic heterocycles. The summed E-state index contributed by atoms with van der Waals surface area (Å²) < 4.78 is 0. The Morgan fingerprint density at radius 1 is 0.836 bits per heavy atom. The molecular weight excluding hydrogens is 791 g/mol. The highest BCUT2D eigenvalue weighted by molar-refractivity contribution is 7.13. The quantitative estimate of drug-likeness (QED) is 0.0428. The summed E-state index contributed by atoms with van der Waals surface area (Å²) in [5, 5.41) is 19.5. The standard InChI is InChI=1S/C47H61N7O6S/c1-7-26-49-53-44(58)36-20-16-33(17-21-36)34-22-24-37(25-23-34)51-40(56)12-10-8-9-11-13-41(57)52-43(47(4,5)6)46(60)54-28-38(55)27-39(54)45(59)50-30(2)32-14-18-35(19-15-32)42-31(3)48-29-61-42/h14-25,29-30,38-39,43,49,55H,7-13,26-28H2,1-6H3,(H,50,59)(H,51,56)(H,52,57)(H,53,58)/t30-,38+,39-,43+/m0/s1. The number of hydrogen-bond acceptors (Lipinski definition) is 9. The van der Waals surface area contributed by atoms with Gasteiger partial charge >= 0.3 is 0 Å². The Kier molecular flexibility index (Phi) is 16.7. The van der Waals surface area contributed by atoms with Crippen molar-refractivity contribution in [3.05, 3.63) is 95.1 Å². The molecule has 6 N–H and O–H groups in total. The van der Waals surface area contributed by atoms with Crippen LogP contribution in [0.3, 0.4) is 0 Å². The van der Waals surface area contributed by atoms with Gasteiger partial charge in [0.05, 0.1) is 28.2 Å². The van der Waals surface area contributed by atoms with E-state index in [0.717, 1.165) is 52.1 Å². The minimum absolute atomic E-state index is 0.00394. The van der Waals surface area contributed by atoms with Crippen LogP contribution in [0.25, 0.3) is 21.6 Å². The van der Waals surface area contributed by atoms with Gasteiger partial charge in [-0.2, -0.15) is 0 Å². The Balaban J connectivity index is 1.03. The van der Waals surface area contributed by atoms with Crippen molar-refractivity contribution in [3.63, 3.8) is 0 Å². The smallest absolute Gasteiger partial charge is 0.265 e. The average Bonchev–Trinajstić information content (AvgIpc) is 3.86. The number of nitrogens with one attached hydrogen (secondary N) is 5. The van der Waals surface area contributed by atoms with Gasteiger partial charge in [0.1, 0.15) is 12.1 Å². The molecule has 2 heterocycles. The fourth-order valence-corrected chi connectivity index (χ4v) is 8.11. The number of carbonyl (C=O) groups excluding carboxylic acids is 5. The molecule has 1 saturated heterocycles. The predicted octanol–water partition coefficient (Wildman–Crippen LogP) is 7.08. The van der Waals surface area contributed by atoms with Crippen LogP contribution in [0.2, 0.25) is 0 Å². The van der Waals surface area contributed by atoms with E-state index in [0.29, 0.717) is 37.1 Å². The Morgan fingerprint density at radius 3 is 2.03 bits per heavy atom. The highest BCUT2D eigenvalue weighted by Gasteiger charge is 2.44. The summed E-state index contributed by atoms with van der Waals surface area (Å²) >= 11 is 1.58. The number of unbranched alkanes of at least 4 members (excludes halogenated alkanes) is 3. The number of likely N-dealkylation sites (tertiary alicyclic amines) is 1. The normalized spacial score (nSPS) is 16.1. The molecule has 1 aliphatic heterocycles. The number of hydrogen-bond donors (Lipinski definition) is 6. The first-order chi connectivity index (χ1) is 29.1. The summed E-state index contributed by atoms with van der Waals surface area (Å²) in [4.78, 5) is 72.6. The lowest BCUT2D eigenvalue weighted by Gasteiger charge is -2.35. The average molecular weight is 852 g/mol. The summed E-state index contributed by atoms with van der Waals surface area (Å²) in [7, 11) is 0. The first-order valence-corrected chi connectivity index (χ1v) is 22.1. The highest BCUT2D eigenvalue weighted by Crippen LogP contribution is 2.30. The lowest BCUT2D eigenvalue weighted by atomic mass is 9.85. The third-order valence-electron chi connectivity index (χ3n) is 10.8. The van der Waals surface area contributed by atoms with Crippen molar-refractivity contribution >= 4 is 46.6 Å². The van der Waals surface area contributed by atoms with E-state index in [2.05, 4.69) is 31.8 Å². The summed E-state index contributed by atoms with van der Waals surface area (Å²) in [6.45, 7) is 12.2. The molecule has 61 heavy (non-hydrogen) atoms. The number of carbonyl (C=O) groups is 5. The fraction of sp³-hybridized carbons (Fsp3) is 0.447. The van der Waals surface area contributed by atoms with E-state index in [4.69, 9.17) is 0 Å². The van der Waals surface area contributed by atoms with Crippen LogP contribution in [0, 0.1) is 12.3 Å². The SMILES string of the molecule is CCCNNC(=O)c1ccc(-c2ccc(NC(=O)CCCCCCC(=O)N[C@H](C(=O)N3C[C@H](O)C[C@H]3C(=O)N[C@@H](C)c3ccc(-c4scnc4C)cc3)C(C)(C)C)cc2)cc1. The van der Waals surface area contributed by atoms with Crippen LogP contribution in [0.15, 0.2) is 78.3 Å². The molecule has 326 valence electrons. The number of aliphatic hydroxyl groups is 1. The van der Waals surface area contributed by atoms with Crippen molar-refractivity contribution in [2.24, 2.45) is 5.41 Å². The van der Waals surface area contributed by atoms with Crippen molar-refractivity contribution in [1.29, 1.82) is 0 Å². The Hall–Kier alpha value is -5.44. The van der Waals surface area contributed by atoms with Crippen molar-refractivity contribution in [2.45, 2.75) is 117 Å². The van der Waals surface area contributed by atoms with Crippen LogP contribution in [0.4, 0.5) is 5.69 Å². The third-order valence-corrected chi connectivity index (χ3v) is 11.8. The number of hydrazine groups is 1. The minimum atomic E-state index is -0.898. The van der Waals surface area contributed by atoms with E-state index in [1.165, 1.54) is 4.90 Å². The van der Waals surface area contributed by atoms with Crippen LogP contribution in [0.5, 0.6) is 0 Å². The topological polar surface area (TPSA) is 182 Å². The molecule has 1 aliphatic rings. The second kappa shape index (κ2) is 21.9. The van der Waals surface area contributed by atoms with E-state index in [1.807, 2.05) is 108 Å². The maximum Gasteiger partial charge on any atom is 0.265 e. The number of aryl methyl sites for hydroxylation is 1. The van der Waals surface area contributed by atoms with Gasteiger partial charge in [-0.15, -0.1) is 11.3 Å². The van der Waals surface area contributed by atoms with Gasteiger partial charge in [0.2, 0.25) is 23.6 Å². The first kappa shape index (κ1) is 46.6. The van der Waals surface area contributed by atoms with Crippen molar-refractivity contribution < 1.29 is 29.1 Å². The van der Waals surface area contributed by atoms with Gasteiger partial charge < -0.3 is 26.0 Å². The number of aliphatic hydroxyl groups excluding tert-OH is 1. The van der Waals surface area contributed by atoms with Crippen molar-refractivity contribution in [1.82, 2.24) is 31.4 Å². The molecule has 0 spiro atoms. The molecule has 0 aliphatic carbocycles. The van der Waals surface area contributed by atoms with E-state index in [-0.39, 0.29) is 49.1 Å².